The fraction of sp³-hybridized carbons (Fsp3) is 0.182. The van der Waals surface area contributed by atoms with Gasteiger partial charge in [-0.05, 0) is 23.8 Å². The van der Waals surface area contributed by atoms with Gasteiger partial charge in [0.25, 0.3) is 0 Å². The maximum absolute atomic E-state index is 10.3. The van der Waals surface area contributed by atoms with E-state index in [1.54, 1.807) is 32.4 Å². The number of rotatable bonds is 4. The van der Waals surface area contributed by atoms with Crippen LogP contribution in [-0.2, 0) is 4.79 Å². The van der Waals surface area contributed by atoms with Gasteiger partial charge < -0.3 is 14.6 Å². The predicted octanol–water partition coefficient (Wildman–Crippen LogP) is 1.80. The zero-order valence-electron chi connectivity index (χ0n) is 8.56. The zero-order valence-corrected chi connectivity index (χ0v) is 8.56. The molecule has 0 aliphatic carbocycles. The van der Waals surface area contributed by atoms with Crippen molar-refractivity contribution < 1.29 is 19.4 Å². The number of ether oxygens (including phenoxy) is 2. The maximum Gasteiger partial charge on any atom is 0.328 e. The molecule has 4 nitrogen and oxygen atoms in total. The summed E-state index contributed by atoms with van der Waals surface area (Å²) in [6.45, 7) is 0. The van der Waals surface area contributed by atoms with Gasteiger partial charge in [0, 0.05) is 12.1 Å². The van der Waals surface area contributed by atoms with Crippen molar-refractivity contribution in [3.63, 3.8) is 0 Å². The monoisotopic (exact) mass is 208 g/mol. The van der Waals surface area contributed by atoms with Gasteiger partial charge in [0.15, 0.2) is 0 Å². The first-order valence-corrected chi connectivity index (χ1v) is 4.30. The molecule has 0 radical (unpaired) electrons. The van der Waals surface area contributed by atoms with E-state index in [0.717, 1.165) is 6.08 Å². The SMILES string of the molecule is COc1cc(/C=C/C(=O)O)cc(OC)c1. The van der Waals surface area contributed by atoms with Crippen LogP contribution in [-0.4, -0.2) is 25.3 Å². The largest absolute Gasteiger partial charge is 0.497 e. The highest BCUT2D eigenvalue weighted by molar-refractivity contribution is 5.85. The molecule has 80 valence electrons. The third-order valence-electron chi connectivity index (χ3n) is 1.79. The third kappa shape index (κ3) is 3.34. The summed E-state index contributed by atoms with van der Waals surface area (Å²) in [5, 5.41) is 8.48. The van der Waals surface area contributed by atoms with Crippen molar-refractivity contribution in [2.24, 2.45) is 0 Å². The smallest absolute Gasteiger partial charge is 0.328 e. The fourth-order valence-electron chi connectivity index (χ4n) is 1.09. The van der Waals surface area contributed by atoms with E-state index in [2.05, 4.69) is 0 Å². The van der Waals surface area contributed by atoms with Crippen molar-refractivity contribution in [3.05, 3.63) is 29.8 Å². The lowest BCUT2D eigenvalue weighted by atomic mass is 10.2. The molecule has 0 fully saturated rings. The molecule has 0 amide bonds. The number of aliphatic carboxylic acids is 1. The number of carboxylic acid groups (broad SMARTS) is 1. The molecular formula is C11H12O4. The molecule has 15 heavy (non-hydrogen) atoms. The lowest BCUT2D eigenvalue weighted by Gasteiger charge is -2.05. The summed E-state index contributed by atoms with van der Waals surface area (Å²) in [5.74, 6) is 0.260. The Labute approximate surface area is 87.7 Å². The van der Waals surface area contributed by atoms with Gasteiger partial charge in [-0.15, -0.1) is 0 Å². The van der Waals surface area contributed by atoms with Crippen molar-refractivity contribution in [3.8, 4) is 11.5 Å². The standard InChI is InChI=1S/C11H12O4/c1-14-9-5-8(3-4-11(12)13)6-10(7-9)15-2/h3-7H,1-2H3,(H,12,13)/b4-3+. The van der Waals surface area contributed by atoms with Gasteiger partial charge in [0.1, 0.15) is 11.5 Å². The Morgan fingerprint density at radius 1 is 1.20 bits per heavy atom. The van der Waals surface area contributed by atoms with E-state index in [0.29, 0.717) is 17.1 Å². The second-order valence-electron chi connectivity index (χ2n) is 2.82. The van der Waals surface area contributed by atoms with Crippen molar-refractivity contribution in [2.45, 2.75) is 0 Å². The average Bonchev–Trinajstić information content (AvgIpc) is 2.25. The summed E-state index contributed by atoms with van der Waals surface area (Å²) in [6, 6.07) is 5.17. The first-order chi connectivity index (χ1) is 7.15. The van der Waals surface area contributed by atoms with E-state index in [4.69, 9.17) is 14.6 Å². The van der Waals surface area contributed by atoms with E-state index in [1.165, 1.54) is 6.08 Å². The molecule has 4 heteroatoms. The molecule has 0 atom stereocenters. The van der Waals surface area contributed by atoms with Crippen LogP contribution in [0.25, 0.3) is 6.08 Å². The Bertz CT molecular complexity index is 360. The molecule has 0 aliphatic rings. The number of benzene rings is 1. The van der Waals surface area contributed by atoms with Gasteiger partial charge >= 0.3 is 5.97 Å². The Morgan fingerprint density at radius 3 is 2.13 bits per heavy atom. The van der Waals surface area contributed by atoms with Crippen molar-refractivity contribution in [1.29, 1.82) is 0 Å². The summed E-state index contributed by atoms with van der Waals surface area (Å²) in [5.41, 5.74) is 0.716. The molecule has 1 N–H and O–H groups in total. The molecule has 0 heterocycles. The van der Waals surface area contributed by atoms with Crippen LogP contribution in [0.15, 0.2) is 24.3 Å². The Hall–Kier alpha value is -1.97. The average molecular weight is 208 g/mol. The third-order valence-corrected chi connectivity index (χ3v) is 1.79. The summed E-state index contributed by atoms with van der Waals surface area (Å²) >= 11 is 0. The second kappa shape index (κ2) is 5.05. The molecule has 0 aliphatic heterocycles. The van der Waals surface area contributed by atoms with Crippen molar-refractivity contribution in [1.82, 2.24) is 0 Å². The van der Waals surface area contributed by atoms with Gasteiger partial charge in [-0.2, -0.15) is 0 Å². The minimum absolute atomic E-state index is 0.624. The van der Waals surface area contributed by atoms with Crippen LogP contribution in [0.5, 0.6) is 11.5 Å². The Balaban J connectivity index is 3.01. The summed E-state index contributed by atoms with van der Waals surface area (Å²) in [7, 11) is 3.08. The Morgan fingerprint density at radius 2 is 1.73 bits per heavy atom. The molecule has 1 rings (SSSR count). The van der Waals surface area contributed by atoms with E-state index < -0.39 is 5.97 Å². The highest BCUT2D eigenvalue weighted by Gasteiger charge is 1.99. The van der Waals surface area contributed by atoms with Crippen LogP contribution in [0.1, 0.15) is 5.56 Å². The minimum atomic E-state index is -0.989. The molecule has 1 aromatic rings. The molecule has 0 unspecified atom stereocenters. The number of hydrogen-bond acceptors (Lipinski definition) is 3. The van der Waals surface area contributed by atoms with Crippen LogP contribution in [0, 0.1) is 0 Å². The number of methoxy groups -OCH3 is 2. The molecular weight excluding hydrogens is 196 g/mol. The first kappa shape index (κ1) is 11.1. The van der Waals surface area contributed by atoms with E-state index in [-0.39, 0.29) is 0 Å². The normalized spacial score (nSPS) is 10.3. The van der Waals surface area contributed by atoms with Gasteiger partial charge in [0.05, 0.1) is 14.2 Å². The zero-order chi connectivity index (χ0) is 11.3. The fourth-order valence-corrected chi connectivity index (χ4v) is 1.09. The van der Waals surface area contributed by atoms with E-state index in [1.807, 2.05) is 0 Å². The Kier molecular flexibility index (Phi) is 3.74. The topological polar surface area (TPSA) is 55.8 Å². The number of carbonyl (C=O) groups is 1. The first-order valence-electron chi connectivity index (χ1n) is 4.30. The quantitative estimate of drug-likeness (QED) is 0.766. The van der Waals surface area contributed by atoms with Gasteiger partial charge in [-0.25, -0.2) is 4.79 Å². The van der Waals surface area contributed by atoms with Crippen molar-refractivity contribution in [2.75, 3.05) is 14.2 Å². The van der Waals surface area contributed by atoms with Gasteiger partial charge in [-0.1, -0.05) is 0 Å². The molecule has 1 aromatic carbocycles. The number of carboxylic acids is 1. The van der Waals surface area contributed by atoms with Crippen LogP contribution in [0.3, 0.4) is 0 Å². The highest BCUT2D eigenvalue weighted by Crippen LogP contribution is 2.23. The second-order valence-corrected chi connectivity index (χ2v) is 2.82. The van der Waals surface area contributed by atoms with Crippen LogP contribution >= 0.6 is 0 Å². The summed E-state index contributed by atoms with van der Waals surface area (Å²) in [4.78, 5) is 10.3. The molecule has 0 aromatic heterocycles. The van der Waals surface area contributed by atoms with E-state index >= 15 is 0 Å². The van der Waals surface area contributed by atoms with E-state index in [9.17, 15) is 4.79 Å². The highest BCUT2D eigenvalue weighted by atomic mass is 16.5. The number of hydrogen-bond donors (Lipinski definition) is 1. The van der Waals surface area contributed by atoms with Crippen LogP contribution in [0.4, 0.5) is 0 Å². The van der Waals surface area contributed by atoms with Gasteiger partial charge in [0.2, 0.25) is 0 Å². The lowest BCUT2D eigenvalue weighted by Crippen LogP contribution is -1.89. The lowest BCUT2D eigenvalue weighted by molar-refractivity contribution is -0.131. The van der Waals surface area contributed by atoms with Crippen molar-refractivity contribution >= 4 is 12.0 Å². The molecule has 0 bridgehead atoms. The summed E-state index contributed by atoms with van der Waals surface area (Å²) < 4.78 is 10.1. The molecule has 0 saturated heterocycles. The summed E-state index contributed by atoms with van der Waals surface area (Å²) in [6.07, 6.45) is 2.54. The predicted molar refractivity (Wildman–Crippen MR) is 56.2 cm³/mol. The minimum Gasteiger partial charge on any atom is -0.497 e. The maximum atomic E-state index is 10.3. The van der Waals surface area contributed by atoms with Gasteiger partial charge in [-0.3, -0.25) is 0 Å². The molecule has 0 spiro atoms. The van der Waals surface area contributed by atoms with Crippen LogP contribution in [0.2, 0.25) is 0 Å². The molecule has 0 saturated carbocycles. The van der Waals surface area contributed by atoms with Crippen LogP contribution < -0.4 is 9.47 Å².